The Kier molecular flexibility index (Phi) is 4.95. The van der Waals surface area contributed by atoms with E-state index < -0.39 is 5.97 Å². The molecule has 0 unspecified atom stereocenters. The van der Waals surface area contributed by atoms with E-state index in [1.807, 2.05) is 24.3 Å². The van der Waals surface area contributed by atoms with E-state index in [-0.39, 0.29) is 18.9 Å². The third-order valence-electron chi connectivity index (χ3n) is 4.82. The number of para-hydroxylation sites is 1. The summed E-state index contributed by atoms with van der Waals surface area (Å²) in [6, 6.07) is 14.4. The topological polar surface area (TPSA) is 65.4 Å². The van der Waals surface area contributed by atoms with Crippen LogP contribution >= 0.6 is 24.0 Å². The van der Waals surface area contributed by atoms with E-state index in [0.717, 1.165) is 23.0 Å². The minimum absolute atomic E-state index is 0.0351. The fourth-order valence-electron chi connectivity index (χ4n) is 3.55. The van der Waals surface area contributed by atoms with Gasteiger partial charge in [0.1, 0.15) is 4.32 Å². The second-order valence-electron chi connectivity index (χ2n) is 6.49. The minimum atomic E-state index is -1.20. The maximum Gasteiger partial charge on any atom is 0.266 e. The molecule has 2 heterocycles. The number of carbonyl (C=O) groups is 2. The minimum Gasteiger partial charge on any atom is -0.550 e. The first-order valence-electron chi connectivity index (χ1n) is 8.96. The maximum atomic E-state index is 12.6. The molecule has 5 nitrogen and oxygen atoms in total. The van der Waals surface area contributed by atoms with Crippen molar-refractivity contribution in [3.63, 3.8) is 0 Å². The molecule has 0 saturated carbocycles. The van der Waals surface area contributed by atoms with Crippen molar-refractivity contribution >= 4 is 68.1 Å². The number of aliphatic carboxylic acids is 1. The lowest BCUT2D eigenvalue weighted by Crippen LogP contribution is -2.33. The van der Waals surface area contributed by atoms with Gasteiger partial charge in [-0.05, 0) is 36.8 Å². The maximum absolute atomic E-state index is 12.6. The van der Waals surface area contributed by atoms with Crippen LogP contribution in [0.3, 0.4) is 0 Å². The number of rotatable bonds is 5. The summed E-state index contributed by atoms with van der Waals surface area (Å²) in [4.78, 5) is 25.1. The van der Waals surface area contributed by atoms with Crippen LogP contribution in [0.25, 0.3) is 27.9 Å². The summed E-state index contributed by atoms with van der Waals surface area (Å²) in [7, 11) is 0. The van der Waals surface area contributed by atoms with Crippen LogP contribution in [0.1, 0.15) is 18.9 Å². The van der Waals surface area contributed by atoms with Crippen molar-refractivity contribution in [2.45, 2.75) is 19.9 Å². The van der Waals surface area contributed by atoms with Crippen molar-refractivity contribution in [2.24, 2.45) is 0 Å². The molecule has 0 aliphatic carbocycles. The summed E-state index contributed by atoms with van der Waals surface area (Å²) < 4.78 is 2.65. The van der Waals surface area contributed by atoms with Crippen LogP contribution in [0.4, 0.5) is 0 Å². The highest BCUT2D eigenvalue weighted by Gasteiger charge is 2.31. The van der Waals surface area contributed by atoms with Crippen LogP contribution in [-0.2, 0) is 16.1 Å². The lowest BCUT2D eigenvalue weighted by Gasteiger charge is -2.14. The number of aryl methyl sites for hydroxylation is 1. The normalized spacial score (nSPS) is 16.0. The molecule has 3 aromatic rings. The summed E-state index contributed by atoms with van der Waals surface area (Å²) in [5.41, 5.74) is 3.25. The van der Waals surface area contributed by atoms with Crippen molar-refractivity contribution in [3.05, 3.63) is 52.9 Å². The molecular weight excluding hydrogens is 392 g/mol. The second-order valence-corrected chi connectivity index (χ2v) is 8.17. The largest absolute Gasteiger partial charge is 0.550 e. The molecule has 7 heteroatoms. The van der Waals surface area contributed by atoms with Gasteiger partial charge in [0, 0.05) is 47.3 Å². The first-order chi connectivity index (χ1) is 13.5. The van der Waals surface area contributed by atoms with Gasteiger partial charge in [-0.25, -0.2) is 0 Å². The Morgan fingerprint density at radius 1 is 1.18 bits per heavy atom. The number of hydrogen-bond acceptors (Lipinski definition) is 5. The van der Waals surface area contributed by atoms with Crippen LogP contribution in [0.15, 0.2) is 47.4 Å². The Balaban J connectivity index is 1.72. The van der Waals surface area contributed by atoms with Gasteiger partial charge < -0.3 is 14.5 Å². The summed E-state index contributed by atoms with van der Waals surface area (Å²) in [6.45, 7) is 3.03. The molecule has 142 valence electrons. The highest BCUT2D eigenvalue weighted by Crippen LogP contribution is 2.34. The molecule has 0 N–H and O–H groups in total. The fraction of sp³-hybridized carbons (Fsp3) is 0.190. The van der Waals surface area contributed by atoms with Crippen LogP contribution in [0.2, 0.25) is 0 Å². The molecule has 0 radical (unpaired) electrons. The first-order valence-corrected chi connectivity index (χ1v) is 10.2. The molecule has 28 heavy (non-hydrogen) atoms. The van der Waals surface area contributed by atoms with Gasteiger partial charge >= 0.3 is 0 Å². The third kappa shape index (κ3) is 3.21. The van der Waals surface area contributed by atoms with Gasteiger partial charge in [-0.3, -0.25) is 9.69 Å². The van der Waals surface area contributed by atoms with Gasteiger partial charge in [-0.1, -0.05) is 48.2 Å². The lowest BCUT2D eigenvalue weighted by molar-refractivity contribution is -0.305. The van der Waals surface area contributed by atoms with E-state index >= 15 is 0 Å². The van der Waals surface area contributed by atoms with E-state index in [4.69, 9.17) is 12.2 Å². The zero-order chi connectivity index (χ0) is 19.8. The van der Waals surface area contributed by atoms with E-state index in [2.05, 4.69) is 35.8 Å². The number of carbonyl (C=O) groups excluding carboxylic acids is 2. The molecule has 0 atom stereocenters. The van der Waals surface area contributed by atoms with Gasteiger partial charge in [0.15, 0.2) is 0 Å². The Labute approximate surface area is 171 Å². The van der Waals surface area contributed by atoms with Crippen LogP contribution in [0.5, 0.6) is 0 Å². The molecule has 0 bridgehead atoms. The summed E-state index contributed by atoms with van der Waals surface area (Å²) in [5.74, 6) is -1.46. The molecule has 1 saturated heterocycles. The smallest absolute Gasteiger partial charge is 0.266 e. The number of fused-ring (bicyclic) bond motifs is 3. The van der Waals surface area contributed by atoms with E-state index in [0.29, 0.717) is 9.23 Å². The quantitative estimate of drug-likeness (QED) is 0.478. The molecule has 1 aliphatic heterocycles. The van der Waals surface area contributed by atoms with E-state index in [9.17, 15) is 14.7 Å². The predicted octanol–water partition coefficient (Wildman–Crippen LogP) is 3.16. The van der Waals surface area contributed by atoms with Crippen LogP contribution in [0, 0.1) is 0 Å². The summed E-state index contributed by atoms with van der Waals surface area (Å²) in [5, 5.41) is 13.0. The van der Waals surface area contributed by atoms with Crippen LogP contribution in [-0.4, -0.2) is 32.2 Å². The Morgan fingerprint density at radius 2 is 1.93 bits per heavy atom. The van der Waals surface area contributed by atoms with Crippen molar-refractivity contribution in [1.82, 2.24) is 9.47 Å². The molecule has 1 amide bonds. The average molecular weight is 410 g/mol. The fourth-order valence-corrected chi connectivity index (χ4v) is 4.86. The molecule has 0 spiro atoms. The number of benzene rings is 2. The Bertz CT molecular complexity index is 1160. The molecule has 1 fully saturated rings. The molecule has 2 aromatic carbocycles. The zero-order valence-corrected chi connectivity index (χ0v) is 16.8. The molecule has 1 aliphatic rings. The number of thioether (sulfide) groups is 1. The third-order valence-corrected chi connectivity index (χ3v) is 6.20. The number of thiocarbonyl (C=S) groups is 1. The van der Waals surface area contributed by atoms with Gasteiger partial charge in [0.05, 0.1) is 4.91 Å². The summed E-state index contributed by atoms with van der Waals surface area (Å²) in [6.07, 6.45) is 1.58. The Hall–Kier alpha value is -2.64. The average Bonchev–Trinajstić information content (AvgIpc) is 3.13. The number of carboxylic acids is 1. The molecular formula is C21H17N2O3S2-. The molecule has 4 rings (SSSR count). The second kappa shape index (κ2) is 7.41. The molecule has 1 aromatic heterocycles. The van der Waals surface area contributed by atoms with Gasteiger partial charge in [-0.15, -0.1) is 0 Å². The van der Waals surface area contributed by atoms with Gasteiger partial charge in [0.25, 0.3) is 5.91 Å². The van der Waals surface area contributed by atoms with Crippen molar-refractivity contribution in [1.29, 1.82) is 0 Å². The predicted molar refractivity (Wildman–Crippen MR) is 115 cm³/mol. The number of nitrogens with zero attached hydrogens (tertiary/aromatic N) is 2. The highest BCUT2D eigenvalue weighted by molar-refractivity contribution is 8.26. The number of amides is 1. The SMILES string of the molecule is CCn1c2ccccc2c2cc(/C=C3\SC(=S)N(CCC(=O)[O-])C3=O)ccc21. The van der Waals surface area contributed by atoms with Crippen molar-refractivity contribution < 1.29 is 14.7 Å². The van der Waals surface area contributed by atoms with Gasteiger partial charge in [0.2, 0.25) is 0 Å². The van der Waals surface area contributed by atoms with Gasteiger partial charge in [-0.2, -0.15) is 0 Å². The standard InChI is InChI=1S/C21H18N2O3S2/c1-2-22-16-6-4-3-5-14(16)15-11-13(7-8-17(15)22)12-18-20(26)23(21(27)28-18)10-9-19(24)25/h3-8,11-12H,2,9-10H2,1H3,(H,24,25)/p-1/b18-12-. The van der Waals surface area contributed by atoms with E-state index in [1.54, 1.807) is 0 Å². The summed E-state index contributed by atoms with van der Waals surface area (Å²) >= 11 is 6.43. The van der Waals surface area contributed by atoms with Crippen LogP contribution < -0.4 is 5.11 Å². The van der Waals surface area contributed by atoms with Crippen molar-refractivity contribution in [3.8, 4) is 0 Å². The lowest BCUT2D eigenvalue weighted by atomic mass is 10.1. The first kappa shape index (κ1) is 18.7. The van der Waals surface area contributed by atoms with Crippen molar-refractivity contribution in [2.75, 3.05) is 6.54 Å². The Morgan fingerprint density at radius 3 is 2.68 bits per heavy atom. The highest BCUT2D eigenvalue weighted by atomic mass is 32.2. The number of carboxylic acid groups (broad SMARTS) is 1. The monoisotopic (exact) mass is 409 g/mol. The zero-order valence-electron chi connectivity index (χ0n) is 15.2. The van der Waals surface area contributed by atoms with E-state index in [1.165, 1.54) is 27.6 Å². The number of hydrogen-bond donors (Lipinski definition) is 0. The number of aromatic nitrogens is 1.